The number of nitrogens with zero attached hydrogens (tertiary/aromatic N) is 2. The van der Waals surface area contributed by atoms with Gasteiger partial charge in [0.05, 0.1) is 18.6 Å². The van der Waals surface area contributed by atoms with Crippen molar-refractivity contribution in [2.75, 3.05) is 18.2 Å². The van der Waals surface area contributed by atoms with Gasteiger partial charge < -0.3 is 15.0 Å². The van der Waals surface area contributed by atoms with E-state index in [0.29, 0.717) is 27.6 Å². The predicted octanol–water partition coefficient (Wildman–Crippen LogP) is 5.43. The van der Waals surface area contributed by atoms with Gasteiger partial charge in [-0.25, -0.2) is 4.98 Å². The van der Waals surface area contributed by atoms with Crippen molar-refractivity contribution in [2.45, 2.75) is 12.1 Å². The van der Waals surface area contributed by atoms with Gasteiger partial charge in [0.25, 0.3) is 5.56 Å². The summed E-state index contributed by atoms with van der Waals surface area (Å²) < 4.78 is 6.79. The van der Waals surface area contributed by atoms with Gasteiger partial charge in [0.15, 0.2) is 5.16 Å². The lowest BCUT2D eigenvalue weighted by atomic mass is 10.1. The fourth-order valence-electron chi connectivity index (χ4n) is 3.98. The van der Waals surface area contributed by atoms with E-state index in [9.17, 15) is 9.59 Å². The van der Waals surface area contributed by atoms with E-state index >= 15 is 0 Å². The summed E-state index contributed by atoms with van der Waals surface area (Å²) in [6, 6.07) is 24.6. The number of anilines is 1. The minimum Gasteiger partial charge on any atom is -0.497 e. The summed E-state index contributed by atoms with van der Waals surface area (Å²) in [6.07, 6.45) is 1.80. The lowest BCUT2D eigenvalue weighted by Crippen LogP contribution is -2.23. The molecule has 0 aliphatic rings. The van der Waals surface area contributed by atoms with Gasteiger partial charge in [-0.3, -0.25) is 14.2 Å². The number of carbonyl (C=O) groups is 1. The quantitative estimate of drug-likeness (QED) is 0.232. The van der Waals surface area contributed by atoms with Crippen LogP contribution in [0.5, 0.6) is 5.75 Å². The lowest BCUT2D eigenvalue weighted by Gasteiger charge is -2.13. The molecule has 180 valence electrons. The van der Waals surface area contributed by atoms with E-state index in [2.05, 4.69) is 10.3 Å². The summed E-state index contributed by atoms with van der Waals surface area (Å²) in [5, 5.41) is 3.34. The van der Waals surface area contributed by atoms with Gasteiger partial charge in [0, 0.05) is 17.4 Å². The molecule has 0 spiro atoms. The smallest absolute Gasteiger partial charge is 0.283 e. The number of aryl methyl sites for hydroxylation is 1. The van der Waals surface area contributed by atoms with Crippen molar-refractivity contribution in [1.82, 2.24) is 14.5 Å². The molecule has 3 aromatic carbocycles. The maximum atomic E-state index is 13.7. The number of methoxy groups -OCH3 is 1. The van der Waals surface area contributed by atoms with E-state index in [1.165, 1.54) is 16.3 Å². The second kappa shape index (κ2) is 10.1. The molecule has 5 rings (SSSR count). The standard InChI is InChI=1S/C28H24N4O3S/c1-18-7-6-10-20(15-18)30-24(33)17-36-28-31-25-23(19-8-4-3-5-9-19)16-29-26(25)27(34)32(28)21-11-13-22(35-2)14-12-21/h3-16,29H,17H2,1-2H3,(H,30,33). The number of thioether (sulfide) groups is 1. The van der Waals surface area contributed by atoms with Crippen LogP contribution in [0, 0.1) is 6.92 Å². The van der Waals surface area contributed by atoms with Crippen LogP contribution in [0.2, 0.25) is 0 Å². The Hall–Kier alpha value is -4.30. The Balaban J connectivity index is 1.55. The summed E-state index contributed by atoms with van der Waals surface area (Å²) in [5.74, 6) is 0.588. The molecule has 0 saturated carbocycles. The molecular weight excluding hydrogens is 472 g/mol. The number of H-pyrrole nitrogens is 1. The highest BCUT2D eigenvalue weighted by Gasteiger charge is 2.19. The van der Waals surface area contributed by atoms with Gasteiger partial charge in [-0.15, -0.1) is 0 Å². The molecule has 5 aromatic rings. The normalized spacial score (nSPS) is 10.9. The van der Waals surface area contributed by atoms with E-state index in [1.54, 1.807) is 37.6 Å². The minimum atomic E-state index is -0.242. The molecule has 36 heavy (non-hydrogen) atoms. The summed E-state index contributed by atoms with van der Waals surface area (Å²) in [6.45, 7) is 1.97. The first-order chi connectivity index (χ1) is 17.5. The van der Waals surface area contributed by atoms with Crippen LogP contribution in [0.1, 0.15) is 5.56 Å². The van der Waals surface area contributed by atoms with Gasteiger partial charge in [0.2, 0.25) is 5.91 Å². The Morgan fingerprint density at radius 3 is 2.56 bits per heavy atom. The number of hydrogen-bond donors (Lipinski definition) is 2. The van der Waals surface area contributed by atoms with E-state index in [0.717, 1.165) is 22.4 Å². The Bertz CT molecular complexity index is 1590. The largest absolute Gasteiger partial charge is 0.497 e. The Morgan fingerprint density at radius 2 is 1.83 bits per heavy atom. The highest BCUT2D eigenvalue weighted by atomic mass is 32.2. The molecule has 0 radical (unpaired) electrons. The van der Waals surface area contributed by atoms with Crippen LogP contribution in [0.4, 0.5) is 5.69 Å². The number of hydrogen-bond acceptors (Lipinski definition) is 5. The molecule has 2 aromatic heterocycles. The minimum absolute atomic E-state index is 0.0904. The molecule has 0 aliphatic carbocycles. The van der Waals surface area contributed by atoms with Gasteiger partial charge in [-0.1, -0.05) is 54.2 Å². The third-order valence-electron chi connectivity index (χ3n) is 5.72. The van der Waals surface area contributed by atoms with Crippen LogP contribution in [-0.4, -0.2) is 33.3 Å². The third kappa shape index (κ3) is 4.76. The van der Waals surface area contributed by atoms with Crippen molar-refractivity contribution in [1.29, 1.82) is 0 Å². The summed E-state index contributed by atoms with van der Waals surface area (Å²) in [7, 11) is 1.59. The summed E-state index contributed by atoms with van der Waals surface area (Å²) in [4.78, 5) is 34.4. The average Bonchev–Trinajstić information content (AvgIpc) is 3.32. The molecule has 0 aliphatic heterocycles. The molecule has 0 fully saturated rings. The second-order valence-electron chi connectivity index (χ2n) is 8.23. The number of aromatic amines is 1. The molecule has 2 heterocycles. The van der Waals surface area contributed by atoms with Crippen LogP contribution in [-0.2, 0) is 4.79 Å². The van der Waals surface area contributed by atoms with Crippen molar-refractivity contribution < 1.29 is 9.53 Å². The zero-order valence-corrected chi connectivity index (χ0v) is 20.6. The third-order valence-corrected chi connectivity index (χ3v) is 6.66. The van der Waals surface area contributed by atoms with Crippen molar-refractivity contribution in [2.24, 2.45) is 0 Å². The van der Waals surface area contributed by atoms with Gasteiger partial charge in [-0.2, -0.15) is 0 Å². The SMILES string of the molecule is COc1ccc(-n2c(SCC(=O)Nc3cccc(C)c3)nc3c(-c4ccccc4)c[nH]c3c2=O)cc1. The maximum Gasteiger partial charge on any atom is 0.283 e. The Kier molecular flexibility index (Phi) is 6.60. The maximum absolute atomic E-state index is 13.7. The van der Waals surface area contributed by atoms with Crippen molar-refractivity contribution >= 4 is 34.4 Å². The first kappa shape index (κ1) is 23.4. The highest BCUT2D eigenvalue weighted by molar-refractivity contribution is 7.99. The van der Waals surface area contributed by atoms with Crippen LogP contribution < -0.4 is 15.6 Å². The fourth-order valence-corrected chi connectivity index (χ4v) is 4.79. The number of ether oxygens (including phenoxy) is 1. The van der Waals surface area contributed by atoms with Gasteiger partial charge >= 0.3 is 0 Å². The average molecular weight is 497 g/mol. The van der Waals surface area contributed by atoms with E-state index in [4.69, 9.17) is 9.72 Å². The molecule has 0 atom stereocenters. The second-order valence-corrected chi connectivity index (χ2v) is 9.17. The predicted molar refractivity (Wildman–Crippen MR) is 144 cm³/mol. The molecule has 0 bridgehead atoms. The number of fused-ring (bicyclic) bond motifs is 1. The summed E-state index contributed by atoms with van der Waals surface area (Å²) >= 11 is 1.21. The fraction of sp³-hybridized carbons (Fsp3) is 0.107. The zero-order valence-electron chi connectivity index (χ0n) is 19.8. The van der Waals surface area contributed by atoms with E-state index < -0.39 is 0 Å². The van der Waals surface area contributed by atoms with Crippen LogP contribution >= 0.6 is 11.8 Å². The molecule has 8 heteroatoms. The van der Waals surface area contributed by atoms with Crippen LogP contribution in [0.25, 0.3) is 27.8 Å². The first-order valence-electron chi connectivity index (χ1n) is 11.4. The molecule has 2 N–H and O–H groups in total. The van der Waals surface area contributed by atoms with E-state index in [1.807, 2.05) is 61.5 Å². The van der Waals surface area contributed by atoms with Crippen molar-refractivity contribution in [3.8, 4) is 22.6 Å². The number of benzene rings is 3. The number of amides is 1. The molecular formula is C28H24N4O3S. The first-order valence-corrected chi connectivity index (χ1v) is 12.4. The van der Waals surface area contributed by atoms with Gasteiger partial charge in [0.1, 0.15) is 16.8 Å². The van der Waals surface area contributed by atoms with Crippen molar-refractivity contribution in [3.63, 3.8) is 0 Å². The van der Waals surface area contributed by atoms with Crippen molar-refractivity contribution in [3.05, 3.63) is 101 Å². The Morgan fingerprint density at radius 1 is 1.06 bits per heavy atom. The summed E-state index contributed by atoms with van der Waals surface area (Å²) in [5.41, 5.74) is 4.93. The number of rotatable bonds is 7. The van der Waals surface area contributed by atoms with E-state index in [-0.39, 0.29) is 17.2 Å². The highest BCUT2D eigenvalue weighted by Crippen LogP contribution is 2.29. The van der Waals surface area contributed by atoms with Gasteiger partial charge in [-0.05, 0) is 54.4 Å². The number of carbonyl (C=O) groups excluding carboxylic acids is 1. The zero-order chi connectivity index (χ0) is 25.1. The molecule has 0 unspecified atom stereocenters. The number of nitrogens with one attached hydrogen (secondary N) is 2. The molecule has 0 saturated heterocycles. The lowest BCUT2D eigenvalue weighted by molar-refractivity contribution is -0.113. The van der Waals surface area contributed by atoms with Crippen LogP contribution in [0.3, 0.4) is 0 Å². The monoisotopic (exact) mass is 496 g/mol. The Labute approximate surface area is 212 Å². The van der Waals surface area contributed by atoms with Crippen LogP contribution in [0.15, 0.2) is 95.0 Å². The topological polar surface area (TPSA) is 89.0 Å². The number of aromatic nitrogens is 3. The molecule has 7 nitrogen and oxygen atoms in total. The molecule has 1 amide bonds.